The smallest absolute Gasteiger partial charge is 0.375 e. The first-order chi connectivity index (χ1) is 10.3. The molecule has 0 amide bonds. The number of alkyl halides is 3. The van der Waals surface area contributed by atoms with E-state index in [1.54, 1.807) is 19.1 Å². The standard InChI is InChI=1S/C16H13BrF3NO/c1-10(21-14-7-5-13(17)6-8-14)15(22)11-3-2-4-12(9-11)16(18,19)20/h2-10,21H,1H3. The van der Waals surface area contributed by atoms with E-state index in [4.69, 9.17) is 0 Å². The minimum atomic E-state index is -4.46. The highest BCUT2D eigenvalue weighted by molar-refractivity contribution is 9.10. The van der Waals surface area contributed by atoms with Crippen molar-refractivity contribution in [2.75, 3.05) is 5.32 Å². The van der Waals surface area contributed by atoms with Gasteiger partial charge in [-0.2, -0.15) is 13.2 Å². The predicted octanol–water partition coefficient (Wildman–Crippen LogP) is 5.15. The van der Waals surface area contributed by atoms with Gasteiger partial charge in [0.25, 0.3) is 0 Å². The van der Waals surface area contributed by atoms with Crippen molar-refractivity contribution < 1.29 is 18.0 Å². The van der Waals surface area contributed by atoms with Gasteiger partial charge in [0.05, 0.1) is 11.6 Å². The number of halogens is 4. The molecule has 2 nitrogen and oxygen atoms in total. The van der Waals surface area contributed by atoms with Gasteiger partial charge in [0.15, 0.2) is 5.78 Å². The van der Waals surface area contributed by atoms with Gasteiger partial charge in [0, 0.05) is 15.7 Å². The van der Waals surface area contributed by atoms with Gasteiger partial charge in [-0.3, -0.25) is 4.79 Å². The number of rotatable bonds is 4. The lowest BCUT2D eigenvalue weighted by Gasteiger charge is -2.15. The van der Waals surface area contributed by atoms with Crippen LogP contribution in [0.3, 0.4) is 0 Å². The van der Waals surface area contributed by atoms with Crippen molar-refractivity contribution >= 4 is 27.4 Å². The SMILES string of the molecule is CC(Nc1ccc(Br)cc1)C(=O)c1cccc(C(F)(F)F)c1. The molecule has 1 atom stereocenters. The summed E-state index contributed by atoms with van der Waals surface area (Å²) in [6, 6.07) is 11.0. The van der Waals surface area contributed by atoms with E-state index in [0.29, 0.717) is 0 Å². The molecule has 0 saturated carbocycles. The first-order valence-corrected chi connectivity index (χ1v) is 7.30. The summed E-state index contributed by atoms with van der Waals surface area (Å²) in [7, 11) is 0. The molecular weight excluding hydrogens is 359 g/mol. The molecule has 0 spiro atoms. The number of anilines is 1. The van der Waals surface area contributed by atoms with Gasteiger partial charge < -0.3 is 5.32 Å². The molecule has 2 rings (SSSR count). The molecule has 2 aromatic rings. The Morgan fingerprint density at radius 3 is 2.36 bits per heavy atom. The van der Waals surface area contributed by atoms with Gasteiger partial charge >= 0.3 is 6.18 Å². The second kappa shape index (κ2) is 6.52. The maximum Gasteiger partial charge on any atom is 0.416 e. The second-order valence-corrected chi connectivity index (χ2v) is 5.73. The summed E-state index contributed by atoms with van der Waals surface area (Å²) in [6.45, 7) is 1.62. The summed E-state index contributed by atoms with van der Waals surface area (Å²) in [5.74, 6) is -0.394. The molecule has 0 aliphatic rings. The molecule has 0 aliphatic carbocycles. The molecule has 0 aromatic heterocycles. The lowest BCUT2D eigenvalue weighted by Crippen LogP contribution is -2.26. The van der Waals surface area contributed by atoms with Gasteiger partial charge in [0.1, 0.15) is 0 Å². The van der Waals surface area contributed by atoms with Crippen LogP contribution in [0.2, 0.25) is 0 Å². The molecule has 22 heavy (non-hydrogen) atoms. The average molecular weight is 372 g/mol. The molecule has 1 N–H and O–H groups in total. The molecule has 0 radical (unpaired) electrons. The van der Waals surface area contributed by atoms with Gasteiger partial charge in [-0.1, -0.05) is 28.1 Å². The minimum Gasteiger partial charge on any atom is -0.375 e. The van der Waals surface area contributed by atoms with Crippen LogP contribution in [0.4, 0.5) is 18.9 Å². The summed E-state index contributed by atoms with van der Waals surface area (Å²) >= 11 is 3.30. The monoisotopic (exact) mass is 371 g/mol. The van der Waals surface area contributed by atoms with Crippen molar-refractivity contribution in [3.63, 3.8) is 0 Å². The Kier molecular flexibility index (Phi) is 4.90. The summed E-state index contributed by atoms with van der Waals surface area (Å²) in [5.41, 5.74) is -0.0721. The van der Waals surface area contributed by atoms with Gasteiger partial charge in [-0.25, -0.2) is 0 Å². The fourth-order valence-electron chi connectivity index (χ4n) is 1.96. The van der Waals surface area contributed by atoms with Crippen LogP contribution in [0, 0.1) is 0 Å². The maximum absolute atomic E-state index is 12.7. The lowest BCUT2D eigenvalue weighted by atomic mass is 10.0. The van der Waals surface area contributed by atoms with Crippen LogP contribution in [0.1, 0.15) is 22.8 Å². The third kappa shape index (κ3) is 4.10. The Bertz CT molecular complexity index is 668. The fraction of sp³-hybridized carbons (Fsp3) is 0.188. The highest BCUT2D eigenvalue weighted by Gasteiger charge is 2.31. The van der Waals surface area contributed by atoms with Crippen LogP contribution in [0.5, 0.6) is 0 Å². The van der Waals surface area contributed by atoms with Crippen LogP contribution >= 0.6 is 15.9 Å². The molecule has 6 heteroatoms. The molecule has 2 aromatic carbocycles. The number of benzene rings is 2. The number of hydrogen-bond acceptors (Lipinski definition) is 2. The van der Waals surface area contributed by atoms with Crippen molar-refractivity contribution in [1.82, 2.24) is 0 Å². The van der Waals surface area contributed by atoms with E-state index in [1.807, 2.05) is 12.1 Å². The molecule has 0 saturated heterocycles. The Balaban J connectivity index is 2.15. The minimum absolute atomic E-state index is 0.0342. The van der Waals surface area contributed by atoms with Crippen molar-refractivity contribution in [1.29, 1.82) is 0 Å². The predicted molar refractivity (Wildman–Crippen MR) is 83.0 cm³/mol. The molecule has 0 aliphatic heterocycles. The quantitative estimate of drug-likeness (QED) is 0.752. The number of carbonyl (C=O) groups excluding carboxylic acids is 1. The number of Topliss-reactive ketones (excluding diaryl/α,β-unsaturated/α-hetero) is 1. The molecule has 0 heterocycles. The maximum atomic E-state index is 12.7. The molecule has 1 unspecified atom stereocenters. The molecule has 0 bridgehead atoms. The molecular formula is C16H13BrF3NO. The highest BCUT2D eigenvalue weighted by Crippen LogP contribution is 2.29. The highest BCUT2D eigenvalue weighted by atomic mass is 79.9. The summed E-state index contributed by atoms with van der Waals surface area (Å²) in [6.07, 6.45) is -4.46. The van der Waals surface area contributed by atoms with Crippen molar-refractivity contribution in [2.45, 2.75) is 19.1 Å². The van der Waals surface area contributed by atoms with E-state index < -0.39 is 23.6 Å². The first kappa shape index (κ1) is 16.5. The van der Waals surface area contributed by atoms with Crippen molar-refractivity contribution in [2.24, 2.45) is 0 Å². The normalized spacial score (nSPS) is 12.8. The summed E-state index contributed by atoms with van der Waals surface area (Å²) in [4.78, 5) is 12.3. The Hall–Kier alpha value is -1.82. The first-order valence-electron chi connectivity index (χ1n) is 6.51. The third-order valence-electron chi connectivity index (χ3n) is 3.10. The van der Waals surface area contributed by atoms with E-state index in [2.05, 4.69) is 21.2 Å². The Morgan fingerprint density at radius 2 is 1.77 bits per heavy atom. The lowest BCUT2D eigenvalue weighted by molar-refractivity contribution is -0.137. The zero-order chi connectivity index (χ0) is 16.3. The van der Waals surface area contributed by atoms with Gasteiger partial charge in [0.2, 0.25) is 0 Å². The van der Waals surface area contributed by atoms with E-state index >= 15 is 0 Å². The summed E-state index contributed by atoms with van der Waals surface area (Å²) in [5, 5.41) is 2.97. The van der Waals surface area contributed by atoms with Crippen LogP contribution in [-0.2, 0) is 6.18 Å². The zero-order valence-corrected chi connectivity index (χ0v) is 13.2. The average Bonchev–Trinajstić information content (AvgIpc) is 2.48. The van der Waals surface area contributed by atoms with Crippen LogP contribution < -0.4 is 5.32 Å². The van der Waals surface area contributed by atoms with Gasteiger partial charge in [-0.15, -0.1) is 0 Å². The van der Waals surface area contributed by atoms with Crippen LogP contribution in [-0.4, -0.2) is 11.8 Å². The van der Waals surface area contributed by atoms with E-state index in [0.717, 1.165) is 22.3 Å². The Morgan fingerprint density at radius 1 is 1.14 bits per heavy atom. The molecule has 0 fully saturated rings. The van der Waals surface area contributed by atoms with Crippen molar-refractivity contribution in [3.8, 4) is 0 Å². The van der Waals surface area contributed by atoms with E-state index in [-0.39, 0.29) is 5.56 Å². The topological polar surface area (TPSA) is 29.1 Å². The van der Waals surface area contributed by atoms with E-state index in [1.165, 1.54) is 12.1 Å². The van der Waals surface area contributed by atoms with Crippen LogP contribution in [0.15, 0.2) is 53.0 Å². The second-order valence-electron chi connectivity index (χ2n) is 4.82. The fourth-order valence-corrected chi connectivity index (χ4v) is 2.22. The van der Waals surface area contributed by atoms with E-state index in [9.17, 15) is 18.0 Å². The van der Waals surface area contributed by atoms with Gasteiger partial charge in [-0.05, 0) is 43.3 Å². The zero-order valence-electron chi connectivity index (χ0n) is 11.6. The third-order valence-corrected chi connectivity index (χ3v) is 3.62. The number of ketones is 1. The Labute approximate surface area is 134 Å². The number of nitrogens with one attached hydrogen (secondary N) is 1. The number of carbonyl (C=O) groups is 1. The van der Waals surface area contributed by atoms with Crippen molar-refractivity contribution in [3.05, 3.63) is 64.1 Å². The largest absolute Gasteiger partial charge is 0.416 e. The van der Waals surface area contributed by atoms with Crippen LogP contribution in [0.25, 0.3) is 0 Å². The molecule has 116 valence electrons. The number of hydrogen-bond donors (Lipinski definition) is 1. The summed E-state index contributed by atoms with van der Waals surface area (Å²) < 4.78 is 39.0.